The number of ketones is 1. The van der Waals surface area contributed by atoms with Crippen LogP contribution in [0.2, 0.25) is 5.02 Å². The van der Waals surface area contributed by atoms with Gasteiger partial charge in [-0.1, -0.05) is 35.9 Å². The van der Waals surface area contributed by atoms with Crippen molar-refractivity contribution in [3.05, 3.63) is 94.0 Å². The summed E-state index contributed by atoms with van der Waals surface area (Å²) in [6.07, 6.45) is -0.185. The third kappa shape index (κ3) is 4.63. The quantitative estimate of drug-likeness (QED) is 0.273. The predicted octanol–water partition coefficient (Wildman–Crippen LogP) is 4.61. The van der Waals surface area contributed by atoms with Crippen LogP contribution < -0.4 is 14.4 Å². The van der Waals surface area contributed by atoms with Crippen LogP contribution in [0, 0.1) is 0 Å². The second-order valence-corrected chi connectivity index (χ2v) is 8.43. The molecule has 3 aromatic rings. The number of Topliss-reactive ketones (excluding diaryl/α,β-unsaturated/α-hetero) is 1. The van der Waals surface area contributed by atoms with E-state index < -0.39 is 29.5 Å². The van der Waals surface area contributed by atoms with Gasteiger partial charge in [0.1, 0.15) is 17.3 Å². The molecule has 1 heterocycles. The van der Waals surface area contributed by atoms with Crippen molar-refractivity contribution >= 4 is 40.7 Å². The smallest absolute Gasteiger partial charge is 0.307 e. The Bertz CT molecular complexity index is 1360. The summed E-state index contributed by atoms with van der Waals surface area (Å²) in [7, 11) is 2.97. The zero-order valence-electron chi connectivity index (χ0n) is 19.4. The second-order valence-electron chi connectivity index (χ2n) is 8.02. The zero-order chi connectivity index (χ0) is 26.0. The molecule has 0 spiro atoms. The van der Waals surface area contributed by atoms with E-state index in [0.29, 0.717) is 28.3 Å². The molecule has 8 nitrogen and oxygen atoms in total. The van der Waals surface area contributed by atoms with Gasteiger partial charge in [-0.05, 0) is 53.6 Å². The number of halogens is 1. The molecule has 0 saturated carbocycles. The molecule has 1 unspecified atom stereocenters. The zero-order valence-corrected chi connectivity index (χ0v) is 20.2. The van der Waals surface area contributed by atoms with Gasteiger partial charge >= 0.3 is 5.97 Å². The summed E-state index contributed by atoms with van der Waals surface area (Å²) in [5.41, 5.74) is 1.44. The number of aliphatic hydroxyl groups excluding tert-OH is 1. The first-order valence-electron chi connectivity index (χ1n) is 10.8. The average molecular weight is 508 g/mol. The van der Waals surface area contributed by atoms with Gasteiger partial charge in [0.15, 0.2) is 0 Å². The molecule has 1 atom stereocenters. The molecule has 184 valence electrons. The van der Waals surface area contributed by atoms with Crippen molar-refractivity contribution in [2.24, 2.45) is 0 Å². The standard InChI is InChI=1S/C27H22ClNO7/c1-35-18-9-5-16(6-10-18)24-23(25(32)20-14-19(36-2)11-12-21(20)28)26(33)27(34)29(24)17-7-3-15(4-8-17)13-22(30)31/h3-12,14,24,32H,13H2,1-2H3,(H,30,31)/b25-23+. The number of carboxylic acid groups (broad SMARTS) is 1. The molecular weight excluding hydrogens is 486 g/mol. The fourth-order valence-electron chi connectivity index (χ4n) is 4.11. The molecule has 0 bridgehead atoms. The first kappa shape index (κ1) is 24.8. The molecular formula is C27H22ClNO7. The number of methoxy groups -OCH3 is 2. The van der Waals surface area contributed by atoms with E-state index in [1.54, 1.807) is 54.6 Å². The van der Waals surface area contributed by atoms with E-state index >= 15 is 0 Å². The molecule has 0 radical (unpaired) electrons. The van der Waals surface area contributed by atoms with Crippen molar-refractivity contribution in [1.82, 2.24) is 0 Å². The summed E-state index contributed by atoms with van der Waals surface area (Å²) >= 11 is 6.33. The highest BCUT2D eigenvalue weighted by Crippen LogP contribution is 2.43. The summed E-state index contributed by atoms with van der Waals surface area (Å²) in [5, 5.41) is 20.5. The third-order valence-corrected chi connectivity index (χ3v) is 6.20. The Morgan fingerprint density at radius 3 is 2.11 bits per heavy atom. The van der Waals surface area contributed by atoms with E-state index in [4.69, 9.17) is 26.2 Å². The number of aliphatic carboxylic acids is 1. The lowest BCUT2D eigenvalue weighted by molar-refractivity contribution is -0.136. The summed E-state index contributed by atoms with van der Waals surface area (Å²) in [6, 6.07) is 16.7. The Kier molecular flexibility index (Phi) is 6.98. The van der Waals surface area contributed by atoms with Crippen LogP contribution >= 0.6 is 11.6 Å². The van der Waals surface area contributed by atoms with Crippen LogP contribution in [0.15, 0.2) is 72.3 Å². The summed E-state index contributed by atoms with van der Waals surface area (Å²) in [4.78, 5) is 38.9. The minimum absolute atomic E-state index is 0.143. The molecule has 2 N–H and O–H groups in total. The van der Waals surface area contributed by atoms with Gasteiger partial charge in [0.25, 0.3) is 11.7 Å². The van der Waals surface area contributed by atoms with Crippen LogP contribution in [-0.2, 0) is 20.8 Å². The maximum absolute atomic E-state index is 13.3. The molecule has 36 heavy (non-hydrogen) atoms. The second kappa shape index (κ2) is 10.1. The number of rotatable bonds is 7. The van der Waals surface area contributed by atoms with Gasteiger partial charge in [0.05, 0.1) is 37.3 Å². The fraction of sp³-hybridized carbons (Fsp3) is 0.148. The molecule has 1 saturated heterocycles. The maximum Gasteiger partial charge on any atom is 0.307 e. The number of amides is 1. The van der Waals surface area contributed by atoms with Crippen molar-refractivity contribution in [1.29, 1.82) is 0 Å². The highest BCUT2D eigenvalue weighted by atomic mass is 35.5. The Hall–Kier alpha value is -4.30. The monoisotopic (exact) mass is 507 g/mol. The number of aliphatic hydroxyl groups is 1. The molecule has 9 heteroatoms. The molecule has 1 fully saturated rings. The van der Waals surface area contributed by atoms with E-state index in [-0.39, 0.29) is 22.6 Å². The fourth-order valence-corrected chi connectivity index (χ4v) is 4.31. The van der Waals surface area contributed by atoms with Gasteiger partial charge in [0, 0.05) is 11.3 Å². The van der Waals surface area contributed by atoms with E-state index in [0.717, 1.165) is 0 Å². The number of ether oxygens (including phenoxy) is 2. The van der Waals surface area contributed by atoms with Crippen LogP contribution in [0.25, 0.3) is 5.76 Å². The number of hydrogen-bond acceptors (Lipinski definition) is 6. The molecule has 0 aliphatic carbocycles. The number of benzene rings is 3. The normalized spacial score (nSPS) is 16.8. The Balaban J connectivity index is 1.90. The van der Waals surface area contributed by atoms with Crippen LogP contribution in [0.3, 0.4) is 0 Å². The molecule has 1 amide bonds. The van der Waals surface area contributed by atoms with Crippen LogP contribution in [0.1, 0.15) is 22.7 Å². The van der Waals surface area contributed by atoms with Gasteiger partial charge in [-0.15, -0.1) is 0 Å². The van der Waals surface area contributed by atoms with E-state index in [1.165, 1.54) is 31.3 Å². The van der Waals surface area contributed by atoms with Gasteiger partial charge in [0.2, 0.25) is 0 Å². The number of nitrogens with zero attached hydrogens (tertiary/aromatic N) is 1. The topological polar surface area (TPSA) is 113 Å². The van der Waals surface area contributed by atoms with Crippen molar-refractivity contribution < 1.29 is 34.1 Å². The molecule has 0 aromatic heterocycles. The van der Waals surface area contributed by atoms with E-state index in [2.05, 4.69) is 0 Å². The maximum atomic E-state index is 13.3. The number of anilines is 1. The minimum atomic E-state index is -0.989. The highest BCUT2D eigenvalue weighted by molar-refractivity contribution is 6.52. The SMILES string of the molecule is COc1ccc(C2/C(=C(\O)c3cc(OC)ccc3Cl)C(=O)C(=O)N2c2ccc(CC(=O)O)cc2)cc1. The minimum Gasteiger partial charge on any atom is -0.507 e. The van der Waals surface area contributed by atoms with E-state index in [9.17, 15) is 19.5 Å². The Morgan fingerprint density at radius 1 is 0.917 bits per heavy atom. The number of carbonyl (C=O) groups is 3. The van der Waals surface area contributed by atoms with Gasteiger partial charge in [-0.3, -0.25) is 19.3 Å². The number of carbonyl (C=O) groups excluding carboxylic acids is 2. The van der Waals surface area contributed by atoms with Crippen molar-refractivity contribution in [3.8, 4) is 11.5 Å². The summed E-state index contributed by atoms with van der Waals surface area (Å²) < 4.78 is 10.5. The molecule has 4 rings (SSSR count). The summed E-state index contributed by atoms with van der Waals surface area (Å²) in [5.74, 6) is -2.18. The van der Waals surface area contributed by atoms with Gasteiger partial charge in [-0.25, -0.2) is 0 Å². The number of hydrogen-bond donors (Lipinski definition) is 2. The molecule has 1 aliphatic rings. The average Bonchev–Trinajstić information content (AvgIpc) is 3.14. The third-order valence-electron chi connectivity index (χ3n) is 5.87. The van der Waals surface area contributed by atoms with Crippen molar-refractivity contribution in [3.63, 3.8) is 0 Å². The lowest BCUT2D eigenvalue weighted by Gasteiger charge is -2.26. The van der Waals surface area contributed by atoms with Crippen LogP contribution in [0.4, 0.5) is 5.69 Å². The van der Waals surface area contributed by atoms with E-state index in [1.807, 2.05) is 0 Å². The first-order chi connectivity index (χ1) is 17.2. The lowest BCUT2D eigenvalue weighted by atomic mass is 9.95. The Morgan fingerprint density at radius 2 is 1.53 bits per heavy atom. The predicted molar refractivity (Wildman–Crippen MR) is 134 cm³/mol. The van der Waals surface area contributed by atoms with Crippen molar-refractivity contribution in [2.45, 2.75) is 12.5 Å². The van der Waals surface area contributed by atoms with Gasteiger partial charge in [-0.2, -0.15) is 0 Å². The highest BCUT2D eigenvalue weighted by Gasteiger charge is 2.47. The first-order valence-corrected chi connectivity index (χ1v) is 11.2. The summed E-state index contributed by atoms with van der Waals surface area (Å²) in [6.45, 7) is 0. The molecule has 3 aromatic carbocycles. The Labute approximate surface area is 211 Å². The van der Waals surface area contributed by atoms with Gasteiger partial charge < -0.3 is 19.7 Å². The van der Waals surface area contributed by atoms with Crippen molar-refractivity contribution in [2.75, 3.05) is 19.1 Å². The van der Waals surface area contributed by atoms with Crippen LogP contribution in [-0.4, -0.2) is 42.1 Å². The molecule has 1 aliphatic heterocycles. The lowest BCUT2D eigenvalue weighted by Crippen LogP contribution is -2.29. The largest absolute Gasteiger partial charge is 0.507 e. The number of carboxylic acids is 1. The van der Waals surface area contributed by atoms with Crippen LogP contribution in [0.5, 0.6) is 11.5 Å².